The van der Waals surface area contributed by atoms with E-state index in [1.165, 1.54) is 12.3 Å². The second-order valence-electron chi connectivity index (χ2n) is 3.47. The van der Waals surface area contributed by atoms with Crippen LogP contribution in [-0.2, 0) is 0 Å². The first-order chi connectivity index (χ1) is 8.09. The minimum atomic E-state index is -1.49. The summed E-state index contributed by atoms with van der Waals surface area (Å²) in [7, 11) is 0. The molecule has 0 spiro atoms. The molecule has 2 aromatic rings. The Labute approximate surface area is 95.4 Å². The third kappa shape index (κ3) is 2.29. The lowest BCUT2D eigenvalue weighted by atomic mass is 10.0. The second kappa shape index (κ2) is 4.55. The van der Waals surface area contributed by atoms with Gasteiger partial charge < -0.3 is 5.11 Å². The molecule has 1 aromatic carbocycles. The molecule has 0 bridgehead atoms. The molecule has 2 nitrogen and oxygen atoms in total. The number of halogens is 3. The molecule has 1 heterocycles. The summed E-state index contributed by atoms with van der Waals surface area (Å²) in [4.78, 5) is 3.52. The van der Waals surface area contributed by atoms with Crippen LogP contribution in [0.3, 0.4) is 0 Å². The minimum Gasteiger partial charge on any atom is -0.383 e. The first-order valence-electron chi connectivity index (χ1n) is 4.82. The zero-order valence-electron chi connectivity index (χ0n) is 8.57. The van der Waals surface area contributed by atoms with Crippen LogP contribution in [0, 0.1) is 17.5 Å². The summed E-state index contributed by atoms with van der Waals surface area (Å²) in [5.74, 6) is -2.42. The van der Waals surface area contributed by atoms with Gasteiger partial charge in [-0.05, 0) is 12.1 Å². The van der Waals surface area contributed by atoms with Crippen LogP contribution < -0.4 is 0 Å². The number of benzene rings is 1. The normalized spacial score (nSPS) is 12.5. The highest BCUT2D eigenvalue weighted by Crippen LogP contribution is 2.26. The molecule has 88 valence electrons. The van der Waals surface area contributed by atoms with Crippen molar-refractivity contribution in [3.05, 3.63) is 65.2 Å². The van der Waals surface area contributed by atoms with Gasteiger partial charge in [-0.2, -0.15) is 0 Å². The second-order valence-corrected chi connectivity index (χ2v) is 3.47. The lowest BCUT2D eigenvalue weighted by Crippen LogP contribution is -2.05. The molecule has 0 radical (unpaired) electrons. The van der Waals surface area contributed by atoms with Crippen molar-refractivity contribution in [2.45, 2.75) is 6.10 Å². The Morgan fingerprint density at radius 1 is 1.00 bits per heavy atom. The van der Waals surface area contributed by atoms with E-state index in [-0.39, 0.29) is 11.1 Å². The highest BCUT2D eigenvalue weighted by atomic mass is 19.1. The predicted molar refractivity (Wildman–Crippen MR) is 54.6 cm³/mol. The SMILES string of the molecule is OC(c1ccncc1F)c1ccc(F)cc1F. The number of rotatable bonds is 2. The van der Waals surface area contributed by atoms with Crippen molar-refractivity contribution in [1.29, 1.82) is 0 Å². The summed E-state index contributed by atoms with van der Waals surface area (Å²) in [6.45, 7) is 0. The summed E-state index contributed by atoms with van der Waals surface area (Å²) in [5.41, 5.74) is -0.290. The van der Waals surface area contributed by atoms with Crippen LogP contribution in [0.1, 0.15) is 17.2 Å². The van der Waals surface area contributed by atoms with E-state index in [0.717, 1.165) is 18.3 Å². The van der Waals surface area contributed by atoms with Crippen LogP contribution in [0.25, 0.3) is 0 Å². The maximum atomic E-state index is 13.4. The third-order valence-corrected chi connectivity index (χ3v) is 2.36. The lowest BCUT2D eigenvalue weighted by molar-refractivity contribution is 0.209. The molecule has 1 atom stereocenters. The number of nitrogens with zero attached hydrogens (tertiary/aromatic N) is 1. The molecular formula is C12H8F3NO. The number of hydrogen-bond acceptors (Lipinski definition) is 2. The molecule has 17 heavy (non-hydrogen) atoms. The van der Waals surface area contributed by atoms with Gasteiger partial charge in [-0.3, -0.25) is 4.98 Å². The quantitative estimate of drug-likeness (QED) is 0.873. The average Bonchev–Trinajstić information content (AvgIpc) is 2.29. The minimum absolute atomic E-state index is 0.106. The summed E-state index contributed by atoms with van der Waals surface area (Å²) < 4.78 is 39.4. The first kappa shape index (κ1) is 11.6. The molecular weight excluding hydrogens is 231 g/mol. The average molecular weight is 239 g/mol. The highest BCUT2D eigenvalue weighted by molar-refractivity contribution is 5.30. The van der Waals surface area contributed by atoms with Crippen LogP contribution in [0.4, 0.5) is 13.2 Å². The van der Waals surface area contributed by atoms with Gasteiger partial charge in [0.2, 0.25) is 0 Å². The van der Waals surface area contributed by atoms with Crippen molar-refractivity contribution >= 4 is 0 Å². The third-order valence-electron chi connectivity index (χ3n) is 2.36. The van der Waals surface area contributed by atoms with Gasteiger partial charge in [-0.15, -0.1) is 0 Å². The van der Waals surface area contributed by atoms with E-state index in [2.05, 4.69) is 4.98 Å². The largest absolute Gasteiger partial charge is 0.383 e. The van der Waals surface area contributed by atoms with Crippen LogP contribution in [0.15, 0.2) is 36.7 Å². The maximum absolute atomic E-state index is 13.4. The molecule has 0 amide bonds. The van der Waals surface area contributed by atoms with Crippen molar-refractivity contribution in [2.24, 2.45) is 0 Å². The number of aromatic nitrogens is 1. The van der Waals surface area contributed by atoms with E-state index in [9.17, 15) is 18.3 Å². The molecule has 0 fully saturated rings. The van der Waals surface area contributed by atoms with Gasteiger partial charge in [0.05, 0.1) is 6.20 Å². The monoisotopic (exact) mass is 239 g/mol. The van der Waals surface area contributed by atoms with Gasteiger partial charge in [-0.1, -0.05) is 6.07 Å². The predicted octanol–water partition coefficient (Wildman–Crippen LogP) is 2.58. The van der Waals surface area contributed by atoms with E-state index in [1.807, 2.05) is 0 Å². The number of hydrogen-bond donors (Lipinski definition) is 1. The van der Waals surface area contributed by atoms with E-state index in [0.29, 0.717) is 6.07 Å². The smallest absolute Gasteiger partial charge is 0.147 e. The van der Waals surface area contributed by atoms with Crippen molar-refractivity contribution in [2.75, 3.05) is 0 Å². The Morgan fingerprint density at radius 2 is 1.71 bits per heavy atom. The van der Waals surface area contributed by atoms with Crippen molar-refractivity contribution in [1.82, 2.24) is 4.98 Å². The van der Waals surface area contributed by atoms with E-state index >= 15 is 0 Å². The summed E-state index contributed by atoms with van der Waals surface area (Å²) in [6.07, 6.45) is 0.710. The molecule has 2 rings (SSSR count). The van der Waals surface area contributed by atoms with Crippen LogP contribution in [0.2, 0.25) is 0 Å². The van der Waals surface area contributed by atoms with Gasteiger partial charge in [0, 0.05) is 23.4 Å². The Hall–Kier alpha value is -1.88. The van der Waals surface area contributed by atoms with E-state index < -0.39 is 23.6 Å². The fourth-order valence-corrected chi connectivity index (χ4v) is 1.50. The summed E-state index contributed by atoms with van der Waals surface area (Å²) >= 11 is 0. The van der Waals surface area contributed by atoms with Gasteiger partial charge in [0.25, 0.3) is 0 Å². The standard InChI is InChI=1S/C12H8F3NO/c13-7-1-2-8(10(14)5-7)12(17)9-3-4-16-6-11(9)15/h1-6,12,17H. The van der Waals surface area contributed by atoms with Gasteiger partial charge in [-0.25, -0.2) is 13.2 Å². The number of aliphatic hydroxyl groups excluding tert-OH is 1. The molecule has 5 heteroatoms. The topological polar surface area (TPSA) is 33.1 Å². The Balaban J connectivity index is 2.44. The Bertz CT molecular complexity index is 545. The molecule has 1 unspecified atom stereocenters. The lowest BCUT2D eigenvalue weighted by Gasteiger charge is -2.12. The highest BCUT2D eigenvalue weighted by Gasteiger charge is 2.18. The van der Waals surface area contributed by atoms with Crippen molar-refractivity contribution in [3.8, 4) is 0 Å². The molecule has 0 aliphatic rings. The van der Waals surface area contributed by atoms with E-state index in [1.54, 1.807) is 0 Å². The fourth-order valence-electron chi connectivity index (χ4n) is 1.50. The number of pyridine rings is 1. The van der Waals surface area contributed by atoms with Crippen LogP contribution in [0.5, 0.6) is 0 Å². The molecule has 0 saturated heterocycles. The van der Waals surface area contributed by atoms with Crippen molar-refractivity contribution < 1.29 is 18.3 Å². The Morgan fingerprint density at radius 3 is 2.35 bits per heavy atom. The van der Waals surface area contributed by atoms with Crippen molar-refractivity contribution in [3.63, 3.8) is 0 Å². The van der Waals surface area contributed by atoms with Crippen LogP contribution in [-0.4, -0.2) is 10.1 Å². The molecule has 0 saturated carbocycles. The van der Waals surface area contributed by atoms with Crippen LogP contribution >= 0.6 is 0 Å². The maximum Gasteiger partial charge on any atom is 0.147 e. The molecule has 0 aliphatic heterocycles. The zero-order chi connectivity index (χ0) is 12.4. The first-order valence-corrected chi connectivity index (χ1v) is 4.82. The molecule has 1 N–H and O–H groups in total. The van der Waals surface area contributed by atoms with Gasteiger partial charge >= 0.3 is 0 Å². The summed E-state index contributed by atoms with van der Waals surface area (Å²) in [5, 5.41) is 9.81. The molecule has 1 aromatic heterocycles. The fraction of sp³-hybridized carbons (Fsp3) is 0.0833. The van der Waals surface area contributed by atoms with Gasteiger partial charge in [0.15, 0.2) is 0 Å². The Kier molecular flexibility index (Phi) is 3.10. The zero-order valence-corrected chi connectivity index (χ0v) is 8.57. The summed E-state index contributed by atoms with van der Waals surface area (Å²) in [6, 6.07) is 3.95. The number of aliphatic hydroxyl groups is 1. The molecule has 0 aliphatic carbocycles. The van der Waals surface area contributed by atoms with Gasteiger partial charge in [0.1, 0.15) is 23.6 Å². The van der Waals surface area contributed by atoms with E-state index in [4.69, 9.17) is 0 Å².